The van der Waals surface area contributed by atoms with Crippen molar-refractivity contribution in [2.75, 3.05) is 6.54 Å². The zero-order valence-corrected chi connectivity index (χ0v) is 13.3. The summed E-state index contributed by atoms with van der Waals surface area (Å²) in [6, 6.07) is 0.103. The van der Waals surface area contributed by atoms with E-state index in [0.717, 1.165) is 56.0 Å². The number of fused-ring (bicyclic) bond motifs is 1. The van der Waals surface area contributed by atoms with Crippen molar-refractivity contribution in [2.45, 2.75) is 51.1 Å². The van der Waals surface area contributed by atoms with E-state index < -0.39 is 0 Å². The number of hydrogen-bond donors (Lipinski definition) is 0. The summed E-state index contributed by atoms with van der Waals surface area (Å²) >= 11 is 1.62. The number of likely N-dealkylation sites (tertiary alicyclic amines) is 1. The first-order valence-electron chi connectivity index (χ1n) is 7.97. The molecule has 0 N–H and O–H groups in total. The standard InChI is InChI=1S/C15H19N5OS/c21-15(13-18-17-12-6-2-1-3-8-20(12)13)19-9-4-5-11(19)14-16-7-10-22-14/h7,10-11H,1-6,8-9H2/t11-/m1/s1. The Morgan fingerprint density at radius 2 is 2.14 bits per heavy atom. The van der Waals surface area contributed by atoms with Crippen LogP contribution in [0.4, 0.5) is 0 Å². The summed E-state index contributed by atoms with van der Waals surface area (Å²) in [5, 5.41) is 11.5. The maximum absolute atomic E-state index is 13.0. The minimum Gasteiger partial charge on any atom is -0.326 e. The summed E-state index contributed by atoms with van der Waals surface area (Å²) in [5.41, 5.74) is 0. The molecular formula is C15H19N5OS. The molecule has 7 heteroatoms. The van der Waals surface area contributed by atoms with E-state index in [2.05, 4.69) is 15.2 Å². The van der Waals surface area contributed by atoms with Crippen molar-refractivity contribution in [3.05, 3.63) is 28.2 Å². The Balaban J connectivity index is 1.63. The van der Waals surface area contributed by atoms with Crippen LogP contribution in [0.3, 0.4) is 0 Å². The van der Waals surface area contributed by atoms with Gasteiger partial charge in [-0.3, -0.25) is 4.79 Å². The normalized spacial score (nSPS) is 21.6. The van der Waals surface area contributed by atoms with E-state index in [4.69, 9.17) is 0 Å². The van der Waals surface area contributed by atoms with Crippen LogP contribution in [-0.2, 0) is 13.0 Å². The number of carbonyl (C=O) groups is 1. The van der Waals surface area contributed by atoms with Gasteiger partial charge in [0.05, 0.1) is 6.04 Å². The molecule has 1 atom stereocenters. The van der Waals surface area contributed by atoms with Gasteiger partial charge < -0.3 is 9.47 Å². The van der Waals surface area contributed by atoms with Crippen molar-refractivity contribution in [1.82, 2.24) is 24.6 Å². The molecule has 0 aliphatic carbocycles. The summed E-state index contributed by atoms with van der Waals surface area (Å²) in [7, 11) is 0. The van der Waals surface area contributed by atoms with Gasteiger partial charge >= 0.3 is 0 Å². The predicted molar refractivity (Wildman–Crippen MR) is 82.7 cm³/mol. The monoisotopic (exact) mass is 317 g/mol. The lowest BCUT2D eigenvalue weighted by atomic mass is 10.2. The fourth-order valence-electron chi connectivity index (χ4n) is 3.44. The second-order valence-electron chi connectivity index (χ2n) is 5.93. The SMILES string of the molecule is O=C(c1nnc2n1CCCCC2)N1CCC[C@@H]1c1nccs1. The summed E-state index contributed by atoms with van der Waals surface area (Å²) in [4.78, 5) is 19.3. The van der Waals surface area contributed by atoms with Crippen LogP contribution in [0.2, 0.25) is 0 Å². The van der Waals surface area contributed by atoms with Crippen LogP contribution in [0.25, 0.3) is 0 Å². The van der Waals surface area contributed by atoms with Crippen molar-refractivity contribution in [3.8, 4) is 0 Å². The summed E-state index contributed by atoms with van der Waals surface area (Å²) < 4.78 is 2.03. The maximum atomic E-state index is 13.0. The van der Waals surface area contributed by atoms with Gasteiger partial charge in [-0.2, -0.15) is 0 Å². The highest BCUT2D eigenvalue weighted by Gasteiger charge is 2.35. The maximum Gasteiger partial charge on any atom is 0.292 e. The van der Waals surface area contributed by atoms with Crippen LogP contribution < -0.4 is 0 Å². The first-order valence-corrected chi connectivity index (χ1v) is 8.85. The van der Waals surface area contributed by atoms with Gasteiger partial charge in [-0.1, -0.05) is 6.42 Å². The molecule has 1 saturated heterocycles. The van der Waals surface area contributed by atoms with E-state index in [1.54, 1.807) is 11.3 Å². The van der Waals surface area contributed by atoms with Crippen molar-refractivity contribution >= 4 is 17.2 Å². The number of thiazole rings is 1. The largest absolute Gasteiger partial charge is 0.326 e. The molecule has 22 heavy (non-hydrogen) atoms. The Labute approximate surface area is 133 Å². The highest BCUT2D eigenvalue weighted by molar-refractivity contribution is 7.09. The Hall–Kier alpha value is -1.76. The molecule has 2 aliphatic heterocycles. The fourth-order valence-corrected chi connectivity index (χ4v) is 4.22. The van der Waals surface area contributed by atoms with Gasteiger partial charge in [0.15, 0.2) is 0 Å². The minimum absolute atomic E-state index is 0.0124. The lowest BCUT2D eigenvalue weighted by Gasteiger charge is -2.22. The van der Waals surface area contributed by atoms with Crippen LogP contribution in [0.1, 0.15) is 59.6 Å². The van der Waals surface area contributed by atoms with Gasteiger partial charge in [-0.15, -0.1) is 21.5 Å². The highest BCUT2D eigenvalue weighted by atomic mass is 32.1. The van der Waals surface area contributed by atoms with Crippen LogP contribution in [-0.4, -0.2) is 37.1 Å². The average Bonchev–Trinajstić information content (AvgIpc) is 3.24. The molecule has 1 fully saturated rings. The van der Waals surface area contributed by atoms with Crippen LogP contribution in [0.15, 0.2) is 11.6 Å². The third-order valence-corrected chi connectivity index (χ3v) is 5.43. The second-order valence-corrected chi connectivity index (χ2v) is 6.86. The molecule has 4 rings (SSSR count). The van der Waals surface area contributed by atoms with Crippen molar-refractivity contribution < 1.29 is 4.79 Å². The Kier molecular flexibility index (Phi) is 3.65. The molecule has 2 aromatic rings. The van der Waals surface area contributed by atoms with Gasteiger partial charge in [-0.05, 0) is 25.7 Å². The molecule has 4 heterocycles. The van der Waals surface area contributed by atoms with Crippen LogP contribution in [0.5, 0.6) is 0 Å². The first-order chi connectivity index (χ1) is 10.8. The van der Waals surface area contributed by atoms with E-state index in [1.165, 1.54) is 6.42 Å². The van der Waals surface area contributed by atoms with E-state index in [9.17, 15) is 4.79 Å². The summed E-state index contributed by atoms with van der Waals surface area (Å²) in [6.45, 7) is 1.64. The van der Waals surface area contributed by atoms with Gasteiger partial charge in [-0.25, -0.2) is 4.98 Å². The lowest BCUT2D eigenvalue weighted by molar-refractivity contribution is 0.0717. The summed E-state index contributed by atoms with van der Waals surface area (Å²) in [5.74, 6) is 1.49. The number of carbonyl (C=O) groups excluding carboxylic acids is 1. The number of hydrogen-bond acceptors (Lipinski definition) is 5. The average molecular weight is 317 g/mol. The Morgan fingerprint density at radius 3 is 3.00 bits per heavy atom. The van der Waals surface area contributed by atoms with E-state index in [-0.39, 0.29) is 11.9 Å². The molecule has 0 bridgehead atoms. The van der Waals surface area contributed by atoms with Crippen LogP contribution in [0, 0.1) is 0 Å². The van der Waals surface area contributed by atoms with Gasteiger partial charge in [0, 0.05) is 31.1 Å². The molecule has 2 aromatic heterocycles. The third kappa shape index (κ3) is 2.33. The fraction of sp³-hybridized carbons (Fsp3) is 0.600. The zero-order chi connectivity index (χ0) is 14.9. The zero-order valence-electron chi connectivity index (χ0n) is 12.4. The van der Waals surface area contributed by atoms with Crippen molar-refractivity contribution in [3.63, 3.8) is 0 Å². The number of aromatic nitrogens is 4. The Morgan fingerprint density at radius 1 is 1.18 bits per heavy atom. The predicted octanol–water partition coefficient (Wildman–Crippen LogP) is 2.44. The molecule has 2 aliphatic rings. The van der Waals surface area contributed by atoms with Crippen molar-refractivity contribution in [2.24, 2.45) is 0 Å². The number of nitrogens with zero attached hydrogens (tertiary/aromatic N) is 5. The minimum atomic E-state index is 0.0124. The summed E-state index contributed by atoms with van der Waals surface area (Å²) in [6.07, 6.45) is 8.18. The molecule has 0 unspecified atom stereocenters. The molecule has 0 aromatic carbocycles. The quantitative estimate of drug-likeness (QED) is 0.853. The topological polar surface area (TPSA) is 63.9 Å². The highest BCUT2D eigenvalue weighted by Crippen LogP contribution is 2.34. The van der Waals surface area contributed by atoms with E-state index in [1.807, 2.05) is 21.0 Å². The van der Waals surface area contributed by atoms with Gasteiger partial charge in [0.1, 0.15) is 10.8 Å². The number of aryl methyl sites for hydroxylation is 1. The molecular weight excluding hydrogens is 298 g/mol. The van der Waals surface area contributed by atoms with Crippen LogP contribution >= 0.6 is 11.3 Å². The third-order valence-electron chi connectivity index (χ3n) is 4.55. The molecule has 0 spiro atoms. The molecule has 1 amide bonds. The molecule has 0 radical (unpaired) electrons. The molecule has 6 nitrogen and oxygen atoms in total. The van der Waals surface area contributed by atoms with Crippen molar-refractivity contribution in [1.29, 1.82) is 0 Å². The molecule has 116 valence electrons. The van der Waals surface area contributed by atoms with Gasteiger partial charge in [0.2, 0.25) is 5.82 Å². The van der Waals surface area contributed by atoms with E-state index in [0.29, 0.717) is 5.82 Å². The number of amides is 1. The Bertz CT molecular complexity index is 666. The number of rotatable bonds is 2. The van der Waals surface area contributed by atoms with Gasteiger partial charge in [0.25, 0.3) is 5.91 Å². The first kappa shape index (κ1) is 13.9. The second kappa shape index (κ2) is 5.79. The van der Waals surface area contributed by atoms with E-state index >= 15 is 0 Å². The lowest BCUT2D eigenvalue weighted by Crippen LogP contribution is -2.33. The molecule has 0 saturated carbocycles. The smallest absolute Gasteiger partial charge is 0.292 e.